The SMILES string of the molecule is Cc1cc(CN2CCC3(CCN3c3ncccn3)C2)n(C)n1. The van der Waals surface area contributed by atoms with Crippen molar-refractivity contribution in [2.45, 2.75) is 31.8 Å². The molecular weight excluding hydrogens is 276 g/mol. The molecule has 0 amide bonds. The van der Waals surface area contributed by atoms with Gasteiger partial charge in [-0.1, -0.05) is 0 Å². The molecule has 2 fully saturated rings. The van der Waals surface area contributed by atoms with Gasteiger partial charge in [-0.2, -0.15) is 5.10 Å². The minimum Gasteiger partial charge on any atom is -0.334 e. The number of nitrogens with zero attached hydrogens (tertiary/aromatic N) is 6. The summed E-state index contributed by atoms with van der Waals surface area (Å²) in [6.45, 7) is 6.32. The van der Waals surface area contributed by atoms with Crippen LogP contribution in [0.5, 0.6) is 0 Å². The van der Waals surface area contributed by atoms with Crippen molar-refractivity contribution < 1.29 is 0 Å². The number of rotatable bonds is 3. The molecule has 0 saturated carbocycles. The van der Waals surface area contributed by atoms with E-state index in [-0.39, 0.29) is 5.54 Å². The van der Waals surface area contributed by atoms with Crippen LogP contribution in [0.2, 0.25) is 0 Å². The van der Waals surface area contributed by atoms with Crippen LogP contribution in [0.4, 0.5) is 5.95 Å². The van der Waals surface area contributed by atoms with Gasteiger partial charge < -0.3 is 4.90 Å². The fourth-order valence-electron chi connectivity index (χ4n) is 3.82. The zero-order valence-electron chi connectivity index (χ0n) is 13.2. The van der Waals surface area contributed by atoms with Crippen LogP contribution in [0, 0.1) is 6.92 Å². The zero-order valence-corrected chi connectivity index (χ0v) is 13.2. The van der Waals surface area contributed by atoms with Crippen LogP contribution >= 0.6 is 0 Å². The number of hydrogen-bond acceptors (Lipinski definition) is 5. The van der Waals surface area contributed by atoms with Gasteiger partial charge in [-0.3, -0.25) is 9.58 Å². The summed E-state index contributed by atoms with van der Waals surface area (Å²) in [6.07, 6.45) is 6.10. The van der Waals surface area contributed by atoms with Gasteiger partial charge in [-0.25, -0.2) is 9.97 Å². The maximum absolute atomic E-state index is 4.45. The molecule has 1 unspecified atom stereocenters. The Morgan fingerprint density at radius 3 is 2.59 bits per heavy atom. The molecule has 116 valence electrons. The molecule has 2 aliphatic heterocycles. The average molecular weight is 298 g/mol. The van der Waals surface area contributed by atoms with E-state index in [9.17, 15) is 0 Å². The van der Waals surface area contributed by atoms with Crippen LogP contribution in [-0.4, -0.2) is 49.8 Å². The largest absolute Gasteiger partial charge is 0.334 e. The van der Waals surface area contributed by atoms with Crippen molar-refractivity contribution >= 4 is 5.95 Å². The topological polar surface area (TPSA) is 50.1 Å². The molecule has 2 saturated heterocycles. The van der Waals surface area contributed by atoms with Gasteiger partial charge in [0.05, 0.1) is 16.9 Å². The van der Waals surface area contributed by atoms with E-state index in [2.05, 4.69) is 37.9 Å². The summed E-state index contributed by atoms with van der Waals surface area (Å²) in [5.74, 6) is 0.881. The third-order valence-corrected chi connectivity index (χ3v) is 5.06. The molecule has 0 N–H and O–H groups in total. The summed E-state index contributed by atoms with van der Waals surface area (Å²) in [5.41, 5.74) is 2.63. The smallest absolute Gasteiger partial charge is 0.225 e. The van der Waals surface area contributed by atoms with E-state index in [1.807, 2.05) is 30.2 Å². The highest BCUT2D eigenvalue weighted by molar-refractivity contribution is 5.41. The first-order valence-corrected chi connectivity index (χ1v) is 7.93. The first kappa shape index (κ1) is 13.7. The van der Waals surface area contributed by atoms with E-state index in [0.717, 1.165) is 37.8 Å². The predicted molar refractivity (Wildman–Crippen MR) is 84.6 cm³/mol. The van der Waals surface area contributed by atoms with E-state index in [0.29, 0.717) is 0 Å². The maximum Gasteiger partial charge on any atom is 0.225 e. The Hall–Kier alpha value is -1.95. The Kier molecular flexibility index (Phi) is 3.14. The van der Waals surface area contributed by atoms with Gasteiger partial charge in [0, 0.05) is 45.6 Å². The molecule has 4 rings (SSSR count). The van der Waals surface area contributed by atoms with E-state index in [4.69, 9.17) is 0 Å². The Balaban J connectivity index is 1.47. The van der Waals surface area contributed by atoms with E-state index >= 15 is 0 Å². The normalized spacial score (nSPS) is 24.9. The minimum atomic E-state index is 0.245. The number of aryl methyl sites for hydroxylation is 2. The summed E-state index contributed by atoms with van der Waals surface area (Å²) in [7, 11) is 2.03. The lowest BCUT2D eigenvalue weighted by Gasteiger charge is -2.50. The van der Waals surface area contributed by atoms with Gasteiger partial charge >= 0.3 is 0 Å². The summed E-state index contributed by atoms with van der Waals surface area (Å²) in [4.78, 5) is 13.8. The van der Waals surface area contributed by atoms with Gasteiger partial charge in [0.2, 0.25) is 5.95 Å². The fourth-order valence-corrected chi connectivity index (χ4v) is 3.82. The molecule has 0 radical (unpaired) electrons. The molecule has 2 aromatic rings. The second-order valence-electron chi connectivity index (χ2n) is 6.54. The molecule has 1 atom stereocenters. The van der Waals surface area contributed by atoms with Gasteiger partial charge in [-0.05, 0) is 31.9 Å². The number of hydrogen-bond donors (Lipinski definition) is 0. The lowest BCUT2D eigenvalue weighted by atomic mass is 9.84. The van der Waals surface area contributed by atoms with Crippen molar-refractivity contribution in [3.8, 4) is 0 Å². The highest BCUT2D eigenvalue weighted by atomic mass is 15.4. The quantitative estimate of drug-likeness (QED) is 0.856. The predicted octanol–water partition coefficient (Wildman–Crippen LogP) is 1.37. The Bertz CT molecular complexity index is 667. The summed E-state index contributed by atoms with van der Waals surface area (Å²) >= 11 is 0. The first-order valence-electron chi connectivity index (χ1n) is 7.93. The third kappa shape index (κ3) is 2.18. The van der Waals surface area contributed by atoms with Crippen LogP contribution in [-0.2, 0) is 13.6 Å². The van der Waals surface area contributed by atoms with Crippen molar-refractivity contribution in [1.29, 1.82) is 0 Å². The van der Waals surface area contributed by atoms with Crippen molar-refractivity contribution in [2.24, 2.45) is 7.05 Å². The van der Waals surface area contributed by atoms with Crippen molar-refractivity contribution in [1.82, 2.24) is 24.6 Å². The average Bonchev–Trinajstić information content (AvgIpc) is 3.05. The lowest BCUT2D eigenvalue weighted by Crippen LogP contribution is -2.62. The number of aromatic nitrogens is 4. The Morgan fingerprint density at radius 1 is 1.18 bits per heavy atom. The molecule has 1 spiro atoms. The second kappa shape index (κ2) is 5.05. The summed E-state index contributed by atoms with van der Waals surface area (Å²) in [5, 5.41) is 4.45. The maximum atomic E-state index is 4.45. The Morgan fingerprint density at radius 2 is 1.95 bits per heavy atom. The molecule has 0 bridgehead atoms. The van der Waals surface area contributed by atoms with Crippen LogP contribution in [0.25, 0.3) is 0 Å². The molecule has 4 heterocycles. The van der Waals surface area contributed by atoms with Crippen molar-refractivity contribution in [3.05, 3.63) is 35.9 Å². The number of anilines is 1. The minimum absolute atomic E-state index is 0.245. The van der Waals surface area contributed by atoms with Gasteiger partial charge in [-0.15, -0.1) is 0 Å². The highest BCUT2D eigenvalue weighted by Gasteiger charge is 2.50. The van der Waals surface area contributed by atoms with Gasteiger partial charge in [0.25, 0.3) is 0 Å². The summed E-state index contributed by atoms with van der Waals surface area (Å²) in [6, 6.07) is 4.06. The first-order chi connectivity index (χ1) is 10.7. The molecule has 2 aromatic heterocycles. The van der Waals surface area contributed by atoms with E-state index < -0.39 is 0 Å². The second-order valence-corrected chi connectivity index (χ2v) is 6.54. The monoisotopic (exact) mass is 298 g/mol. The van der Waals surface area contributed by atoms with Crippen LogP contribution < -0.4 is 4.90 Å². The molecule has 6 heteroatoms. The van der Waals surface area contributed by atoms with Gasteiger partial charge in [0.15, 0.2) is 0 Å². The molecule has 2 aliphatic rings. The summed E-state index contributed by atoms with van der Waals surface area (Å²) < 4.78 is 2.00. The molecule has 6 nitrogen and oxygen atoms in total. The van der Waals surface area contributed by atoms with E-state index in [1.54, 1.807) is 0 Å². The van der Waals surface area contributed by atoms with Crippen molar-refractivity contribution in [3.63, 3.8) is 0 Å². The molecule has 0 aromatic carbocycles. The highest BCUT2D eigenvalue weighted by Crippen LogP contribution is 2.41. The Labute approximate surface area is 130 Å². The standard InChI is InChI=1S/C16H22N6/c1-13-10-14(20(2)19-13)11-21-8-4-16(12-21)5-9-22(16)15-17-6-3-7-18-15/h3,6-7,10H,4-5,8-9,11-12H2,1-2H3. The molecule has 22 heavy (non-hydrogen) atoms. The lowest BCUT2D eigenvalue weighted by molar-refractivity contribution is 0.240. The van der Waals surface area contributed by atoms with Crippen molar-refractivity contribution in [2.75, 3.05) is 24.5 Å². The van der Waals surface area contributed by atoms with Gasteiger partial charge in [0.1, 0.15) is 0 Å². The fraction of sp³-hybridized carbons (Fsp3) is 0.562. The van der Waals surface area contributed by atoms with Crippen LogP contribution in [0.15, 0.2) is 24.5 Å². The number of likely N-dealkylation sites (tertiary alicyclic amines) is 1. The zero-order chi connectivity index (χ0) is 15.2. The molecule has 0 aliphatic carbocycles. The van der Waals surface area contributed by atoms with Crippen LogP contribution in [0.3, 0.4) is 0 Å². The van der Waals surface area contributed by atoms with E-state index in [1.165, 1.54) is 18.5 Å². The molecular formula is C16H22N6. The van der Waals surface area contributed by atoms with Crippen LogP contribution in [0.1, 0.15) is 24.2 Å². The third-order valence-electron chi connectivity index (χ3n) is 5.06.